The van der Waals surface area contributed by atoms with E-state index >= 15 is 0 Å². The van der Waals surface area contributed by atoms with Crippen LogP contribution in [0.1, 0.15) is 90.4 Å². The zero-order valence-corrected chi connectivity index (χ0v) is 14.9. The van der Waals surface area contributed by atoms with Crippen molar-refractivity contribution in [3.8, 4) is 0 Å². The topological polar surface area (TPSA) is 57.5 Å². The van der Waals surface area contributed by atoms with Gasteiger partial charge in [0.1, 0.15) is 0 Å². The second-order valence-corrected chi connectivity index (χ2v) is 7.12. The number of rotatable bonds is 13. The SMILES string of the molecule is CCCCCCCC[C@H]1CC[C@H](O)[C@@H]1CC=CCCCC(=O)O. The number of aliphatic carboxylic acids is 1. The quantitative estimate of drug-likeness (QED) is 0.356. The van der Waals surface area contributed by atoms with E-state index in [4.69, 9.17) is 5.11 Å². The van der Waals surface area contributed by atoms with Crippen molar-refractivity contribution in [3.63, 3.8) is 0 Å². The van der Waals surface area contributed by atoms with Crippen LogP contribution in [0.25, 0.3) is 0 Å². The molecule has 0 aliphatic heterocycles. The summed E-state index contributed by atoms with van der Waals surface area (Å²) in [7, 11) is 0. The summed E-state index contributed by atoms with van der Waals surface area (Å²) in [6.45, 7) is 2.25. The number of unbranched alkanes of at least 4 members (excludes halogenated alkanes) is 6. The van der Waals surface area contributed by atoms with Gasteiger partial charge in [-0.05, 0) is 43.9 Å². The molecule has 23 heavy (non-hydrogen) atoms. The molecule has 0 aromatic rings. The van der Waals surface area contributed by atoms with Crippen molar-refractivity contribution >= 4 is 5.97 Å². The minimum Gasteiger partial charge on any atom is -0.481 e. The molecule has 1 fully saturated rings. The Kier molecular flexibility index (Phi) is 11.1. The number of carboxylic acid groups (broad SMARTS) is 1. The molecule has 2 N–H and O–H groups in total. The van der Waals surface area contributed by atoms with Crippen LogP contribution in [0.3, 0.4) is 0 Å². The molecule has 1 aliphatic carbocycles. The van der Waals surface area contributed by atoms with Crippen LogP contribution in [-0.4, -0.2) is 22.3 Å². The number of allylic oxidation sites excluding steroid dienone is 2. The highest BCUT2D eigenvalue weighted by Gasteiger charge is 2.33. The van der Waals surface area contributed by atoms with Crippen LogP contribution in [0.15, 0.2) is 12.2 Å². The molecule has 1 saturated carbocycles. The maximum atomic E-state index is 10.5. The first-order valence-corrected chi connectivity index (χ1v) is 9.70. The van der Waals surface area contributed by atoms with E-state index in [1.54, 1.807) is 0 Å². The molecule has 0 radical (unpaired) electrons. The standard InChI is InChI=1S/C20H36O3/c1-2-3-4-5-6-9-12-17-15-16-19(21)18(17)13-10-7-8-11-14-20(22)23/h7,10,17-19,21H,2-6,8-9,11-16H2,1H3,(H,22,23)/t17-,18+,19-/m0/s1. The molecule has 0 aromatic carbocycles. The number of hydrogen-bond acceptors (Lipinski definition) is 2. The van der Waals surface area contributed by atoms with Crippen LogP contribution in [0.2, 0.25) is 0 Å². The Labute approximate surface area is 142 Å². The van der Waals surface area contributed by atoms with Gasteiger partial charge in [0, 0.05) is 6.42 Å². The third-order valence-corrected chi connectivity index (χ3v) is 5.20. The Morgan fingerprint density at radius 2 is 1.78 bits per heavy atom. The maximum Gasteiger partial charge on any atom is 0.303 e. The lowest BCUT2D eigenvalue weighted by Crippen LogP contribution is -2.18. The smallest absolute Gasteiger partial charge is 0.303 e. The average molecular weight is 325 g/mol. The number of aliphatic hydroxyl groups is 1. The molecule has 3 atom stereocenters. The fourth-order valence-electron chi connectivity index (χ4n) is 3.76. The van der Waals surface area contributed by atoms with E-state index in [9.17, 15) is 9.90 Å². The van der Waals surface area contributed by atoms with Gasteiger partial charge in [0.2, 0.25) is 0 Å². The van der Waals surface area contributed by atoms with E-state index < -0.39 is 5.97 Å². The van der Waals surface area contributed by atoms with Gasteiger partial charge in [-0.25, -0.2) is 0 Å². The second kappa shape index (κ2) is 12.6. The van der Waals surface area contributed by atoms with Gasteiger partial charge >= 0.3 is 5.97 Å². The summed E-state index contributed by atoms with van der Waals surface area (Å²) in [5.41, 5.74) is 0. The van der Waals surface area contributed by atoms with Gasteiger partial charge in [-0.1, -0.05) is 64.0 Å². The molecule has 1 aliphatic rings. The molecule has 0 spiro atoms. The highest BCUT2D eigenvalue weighted by atomic mass is 16.4. The van der Waals surface area contributed by atoms with Gasteiger partial charge in [-0.3, -0.25) is 4.79 Å². The van der Waals surface area contributed by atoms with Crippen LogP contribution in [-0.2, 0) is 4.79 Å². The van der Waals surface area contributed by atoms with Crippen LogP contribution in [0.4, 0.5) is 0 Å². The zero-order valence-electron chi connectivity index (χ0n) is 14.9. The lowest BCUT2D eigenvalue weighted by atomic mass is 9.87. The van der Waals surface area contributed by atoms with Gasteiger partial charge < -0.3 is 10.2 Å². The van der Waals surface area contributed by atoms with Crippen molar-refractivity contribution in [2.45, 2.75) is 96.5 Å². The minimum atomic E-state index is -0.719. The number of carboxylic acids is 1. The molecule has 1 rings (SSSR count). The molecular formula is C20H36O3. The molecular weight excluding hydrogens is 288 g/mol. The van der Waals surface area contributed by atoms with Gasteiger partial charge in [-0.15, -0.1) is 0 Å². The first-order valence-electron chi connectivity index (χ1n) is 9.70. The van der Waals surface area contributed by atoms with Gasteiger partial charge in [0.05, 0.1) is 6.10 Å². The van der Waals surface area contributed by atoms with Crippen molar-refractivity contribution in [1.82, 2.24) is 0 Å². The Morgan fingerprint density at radius 3 is 2.52 bits per heavy atom. The summed E-state index contributed by atoms with van der Waals surface area (Å²) in [5, 5.41) is 18.8. The predicted molar refractivity (Wildman–Crippen MR) is 95.5 cm³/mol. The molecule has 0 bridgehead atoms. The number of hydrogen-bond donors (Lipinski definition) is 2. The van der Waals surface area contributed by atoms with E-state index in [2.05, 4.69) is 19.1 Å². The molecule has 0 amide bonds. The number of aliphatic hydroxyl groups excluding tert-OH is 1. The summed E-state index contributed by atoms with van der Waals surface area (Å²) < 4.78 is 0. The first kappa shape index (κ1) is 20.2. The van der Waals surface area contributed by atoms with Crippen molar-refractivity contribution < 1.29 is 15.0 Å². The van der Waals surface area contributed by atoms with Crippen molar-refractivity contribution in [1.29, 1.82) is 0 Å². The van der Waals surface area contributed by atoms with Crippen LogP contribution >= 0.6 is 0 Å². The molecule has 3 nitrogen and oxygen atoms in total. The van der Waals surface area contributed by atoms with E-state index in [0.29, 0.717) is 18.3 Å². The van der Waals surface area contributed by atoms with E-state index in [1.807, 2.05) is 0 Å². The third kappa shape index (κ3) is 9.14. The summed E-state index contributed by atoms with van der Waals surface area (Å²) in [6.07, 6.45) is 18.3. The van der Waals surface area contributed by atoms with Crippen LogP contribution in [0, 0.1) is 11.8 Å². The van der Waals surface area contributed by atoms with Gasteiger partial charge in [-0.2, -0.15) is 0 Å². The Hall–Kier alpha value is -0.830. The largest absolute Gasteiger partial charge is 0.481 e. The lowest BCUT2D eigenvalue weighted by molar-refractivity contribution is -0.137. The fraction of sp³-hybridized carbons (Fsp3) is 0.850. The Balaban J connectivity index is 2.17. The lowest BCUT2D eigenvalue weighted by Gasteiger charge is -2.20. The normalized spacial score (nSPS) is 24.5. The molecule has 0 saturated heterocycles. The minimum absolute atomic E-state index is 0.135. The Morgan fingerprint density at radius 1 is 1.04 bits per heavy atom. The van der Waals surface area contributed by atoms with E-state index in [-0.39, 0.29) is 12.5 Å². The monoisotopic (exact) mass is 324 g/mol. The molecule has 3 heteroatoms. The highest BCUT2D eigenvalue weighted by Crippen LogP contribution is 2.38. The molecule has 0 heterocycles. The second-order valence-electron chi connectivity index (χ2n) is 7.12. The third-order valence-electron chi connectivity index (χ3n) is 5.20. The molecule has 134 valence electrons. The Bertz CT molecular complexity index is 338. The van der Waals surface area contributed by atoms with Crippen molar-refractivity contribution in [2.24, 2.45) is 11.8 Å². The summed E-state index contributed by atoms with van der Waals surface area (Å²) in [4.78, 5) is 10.5. The molecule has 0 aromatic heterocycles. The van der Waals surface area contributed by atoms with Gasteiger partial charge in [0.25, 0.3) is 0 Å². The first-order chi connectivity index (χ1) is 11.1. The highest BCUT2D eigenvalue weighted by molar-refractivity contribution is 5.66. The number of carbonyl (C=O) groups is 1. The zero-order chi connectivity index (χ0) is 16.9. The fourth-order valence-corrected chi connectivity index (χ4v) is 3.76. The maximum absolute atomic E-state index is 10.5. The van der Waals surface area contributed by atoms with E-state index in [0.717, 1.165) is 19.3 Å². The van der Waals surface area contributed by atoms with Gasteiger partial charge in [0.15, 0.2) is 0 Å². The predicted octanol–water partition coefficient (Wildman–Crippen LogP) is 5.33. The average Bonchev–Trinajstić information content (AvgIpc) is 2.86. The molecule has 0 unspecified atom stereocenters. The van der Waals surface area contributed by atoms with Crippen LogP contribution < -0.4 is 0 Å². The van der Waals surface area contributed by atoms with E-state index in [1.165, 1.54) is 51.4 Å². The van der Waals surface area contributed by atoms with Crippen molar-refractivity contribution in [3.05, 3.63) is 12.2 Å². The summed E-state index contributed by atoms with van der Waals surface area (Å²) >= 11 is 0. The summed E-state index contributed by atoms with van der Waals surface area (Å²) in [5.74, 6) is 0.379. The van der Waals surface area contributed by atoms with Crippen LogP contribution in [0.5, 0.6) is 0 Å². The van der Waals surface area contributed by atoms with Crippen molar-refractivity contribution in [2.75, 3.05) is 0 Å². The summed E-state index contributed by atoms with van der Waals surface area (Å²) in [6, 6.07) is 0.